The van der Waals surface area contributed by atoms with Crippen molar-refractivity contribution in [1.29, 1.82) is 0 Å². The molecule has 0 heterocycles. The van der Waals surface area contributed by atoms with E-state index in [0.29, 0.717) is 12.2 Å². The summed E-state index contributed by atoms with van der Waals surface area (Å²) in [5, 5.41) is 0. The average Bonchev–Trinajstić information content (AvgIpc) is 2.46. The minimum absolute atomic E-state index is 0.0261. The van der Waals surface area contributed by atoms with Crippen LogP contribution in [0.1, 0.15) is 49.9 Å². The first kappa shape index (κ1) is 15.7. The lowest BCUT2D eigenvalue weighted by atomic mass is 10.1. The highest BCUT2D eigenvalue weighted by atomic mass is 16.5. The first-order valence-corrected chi connectivity index (χ1v) is 6.99. The monoisotopic (exact) mass is 264 g/mol. The molecule has 1 atom stereocenters. The highest BCUT2D eigenvalue weighted by molar-refractivity contribution is 5.99. The first-order chi connectivity index (χ1) is 9.19. The van der Waals surface area contributed by atoms with Gasteiger partial charge in [0, 0.05) is 12.2 Å². The lowest BCUT2D eigenvalue weighted by Crippen LogP contribution is -2.21. The summed E-state index contributed by atoms with van der Waals surface area (Å²) in [5.74, 6) is 0.780. The van der Waals surface area contributed by atoms with Gasteiger partial charge in [-0.3, -0.25) is 4.79 Å². The second kappa shape index (κ2) is 8.70. The molecule has 0 saturated carbocycles. The van der Waals surface area contributed by atoms with E-state index < -0.39 is 0 Å². The van der Waals surface area contributed by atoms with Gasteiger partial charge in [-0.2, -0.15) is 0 Å². The Balaban J connectivity index is 2.38. The number of ether oxygens (including phenoxy) is 2. The third-order valence-corrected chi connectivity index (χ3v) is 3.11. The van der Waals surface area contributed by atoms with Crippen molar-refractivity contribution >= 4 is 5.78 Å². The van der Waals surface area contributed by atoms with E-state index in [1.807, 2.05) is 6.92 Å². The van der Waals surface area contributed by atoms with Gasteiger partial charge in [0.1, 0.15) is 11.9 Å². The van der Waals surface area contributed by atoms with Gasteiger partial charge < -0.3 is 9.47 Å². The molecule has 3 heteroatoms. The summed E-state index contributed by atoms with van der Waals surface area (Å²) in [6.45, 7) is 4.64. The van der Waals surface area contributed by atoms with Gasteiger partial charge in [-0.1, -0.05) is 26.2 Å². The highest BCUT2D eigenvalue weighted by Crippen LogP contribution is 2.14. The number of hydrogen-bond acceptors (Lipinski definition) is 3. The van der Waals surface area contributed by atoms with Crippen molar-refractivity contribution < 1.29 is 14.3 Å². The van der Waals surface area contributed by atoms with E-state index in [2.05, 4.69) is 6.92 Å². The Morgan fingerprint density at radius 2 is 1.84 bits per heavy atom. The van der Waals surface area contributed by atoms with E-state index in [-0.39, 0.29) is 11.9 Å². The molecule has 1 rings (SSSR count). The van der Waals surface area contributed by atoms with Gasteiger partial charge in [0.25, 0.3) is 0 Å². The Hall–Kier alpha value is -1.35. The van der Waals surface area contributed by atoms with Crippen molar-refractivity contribution in [1.82, 2.24) is 0 Å². The van der Waals surface area contributed by atoms with Crippen LogP contribution in [0.2, 0.25) is 0 Å². The summed E-state index contributed by atoms with van der Waals surface area (Å²) < 4.78 is 10.6. The van der Waals surface area contributed by atoms with Crippen LogP contribution < -0.4 is 4.74 Å². The molecular formula is C16H24O3. The van der Waals surface area contributed by atoms with Crippen molar-refractivity contribution in [3.63, 3.8) is 0 Å². The molecular weight excluding hydrogens is 240 g/mol. The zero-order chi connectivity index (χ0) is 14.1. The smallest absolute Gasteiger partial charge is 0.191 e. The zero-order valence-corrected chi connectivity index (χ0v) is 12.1. The molecule has 1 aromatic carbocycles. The largest absolute Gasteiger partial charge is 0.497 e. The Labute approximate surface area is 115 Å². The molecule has 0 fully saturated rings. The third kappa shape index (κ3) is 5.43. The standard InChI is InChI=1S/C16H24O3/c1-4-5-6-7-12-19-13(2)16(17)14-8-10-15(18-3)11-9-14/h8-11,13H,4-7,12H2,1-3H3. The van der Waals surface area contributed by atoms with Crippen molar-refractivity contribution in [2.24, 2.45) is 0 Å². The summed E-state index contributed by atoms with van der Waals surface area (Å²) in [6, 6.07) is 7.14. The molecule has 0 aliphatic carbocycles. The number of benzene rings is 1. The van der Waals surface area contributed by atoms with Crippen molar-refractivity contribution in [3.8, 4) is 5.75 Å². The van der Waals surface area contributed by atoms with E-state index in [4.69, 9.17) is 9.47 Å². The molecule has 0 aromatic heterocycles. The first-order valence-electron chi connectivity index (χ1n) is 6.99. The van der Waals surface area contributed by atoms with Crippen molar-refractivity contribution in [2.75, 3.05) is 13.7 Å². The molecule has 0 radical (unpaired) electrons. The summed E-state index contributed by atoms with van der Waals surface area (Å²) in [7, 11) is 1.61. The Morgan fingerprint density at radius 3 is 2.42 bits per heavy atom. The Bertz CT molecular complexity index is 370. The Kier molecular flexibility index (Phi) is 7.19. The van der Waals surface area contributed by atoms with Gasteiger partial charge in [-0.25, -0.2) is 0 Å². The molecule has 106 valence electrons. The third-order valence-electron chi connectivity index (χ3n) is 3.11. The van der Waals surface area contributed by atoms with Gasteiger partial charge in [0.2, 0.25) is 0 Å². The number of ketones is 1. The van der Waals surface area contributed by atoms with Gasteiger partial charge in [-0.05, 0) is 37.6 Å². The van der Waals surface area contributed by atoms with E-state index >= 15 is 0 Å². The second-order valence-electron chi connectivity index (χ2n) is 4.67. The van der Waals surface area contributed by atoms with Crippen LogP contribution in [-0.2, 0) is 4.74 Å². The molecule has 1 unspecified atom stereocenters. The van der Waals surface area contributed by atoms with Gasteiger partial charge in [-0.15, -0.1) is 0 Å². The molecule has 1 aromatic rings. The topological polar surface area (TPSA) is 35.5 Å². The average molecular weight is 264 g/mol. The van der Waals surface area contributed by atoms with Crippen LogP contribution in [0.25, 0.3) is 0 Å². The summed E-state index contributed by atoms with van der Waals surface area (Å²) >= 11 is 0. The number of Topliss-reactive ketones (excluding diaryl/α,β-unsaturated/α-hetero) is 1. The molecule has 0 N–H and O–H groups in total. The van der Waals surface area contributed by atoms with Crippen LogP contribution in [0.5, 0.6) is 5.75 Å². The maximum absolute atomic E-state index is 12.1. The predicted octanol–water partition coefficient (Wildman–Crippen LogP) is 3.86. The lowest BCUT2D eigenvalue weighted by molar-refractivity contribution is 0.0464. The van der Waals surface area contributed by atoms with Crippen LogP contribution in [0, 0.1) is 0 Å². The number of unbranched alkanes of at least 4 members (excludes halogenated alkanes) is 3. The quantitative estimate of drug-likeness (QED) is 0.502. The second-order valence-corrected chi connectivity index (χ2v) is 4.67. The van der Waals surface area contributed by atoms with E-state index in [9.17, 15) is 4.79 Å². The molecule has 0 aliphatic rings. The van der Waals surface area contributed by atoms with Crippen LogP contribution >= 0.6 is 0 Å². The van der Waals surface area contributed by atoms with Crippen LogP contribution in [0.4, 0.5) is 0 Å². The SMILES string of the molecule is CCCCCCOC(C)C(=O)c1ccc(OC)cc1. The van der Waals surface area contributed by atoms with Crippen molar-refractivity contribution in [3.05, 3.63) is 29.8 Å². The fraction of sp³-hybridized carbons (Fsp3) is 0.562. The number of hydrogen-bond donors (Lipinski definition) is 0. The van der Waals surface area contributed by atoms with Gasteiger partial charge in [0.05, 0.1) is 7.11 Å². The van der Waals surface area contributed by atoms with Crippen molar-refractivity contribution in [2.45, 2.75) is 45.6 Å². The number of methoxy groups -OCH3 is 1. The van der Waals surface area contributed by atoms with Crippen LogP contribution in [0.3, 0.4) is 0 Å². The normalized spacial score (nSPS) is 12.2. The maximum Gasteiger partial charge on any atom is 0.191 e. The van der Waals surface area contributed by atoms with E-state index in [0.717, 1.165) is 12.2 Å². The maximum atomic E-state index is 12.1. The number of rotatable bonds is 9. The molecule has 19 heavy (non-hydrogen) atoms. The number of carbonyl (C=O) groups excluding carboxylic acids is 1. The summed E-state index contributed by atoms with van der Waals surface area (Å²) in [4.78, 5) is 12.1. The van der Waals surface area contributed by atoms with Gasteiger partial charge >= 0.3 is 0 Å². The highest BCUT2D eigenvalue weighted by Gasteiger charge is 2.15. The minimum atomic E-state index is -0.380. The lowest BCUT2D eigenvalue weighted by Gasteiger charge is -2.12. The molecule has 0 amide bonds. The zero-order valence-electron chi connectivity index (χ0n) is 12.1. The molecule has 3 nitrogen and oxygen atoms in total. The molecule has 0 bridgehead atoms. The van der Waals surface area contributed by atoms with Crippen LogP contribution in [0.15, 0.2) is 24.3 Å². The Morgan fingerprint density at radius 1 is 1.16 bits per heavy atom. The van der Waals surface area contributed by atoms with E-state index in [1.54, 1.807) is 31.4 Å². The summed E-state index contributed by atoms with van der Waals surface area (Å²) in [6.07, 6.45) is 4.24. The summed E-state index contributed by atoms with van der Waals surface area (Å²) in [5.41, 5.74) is 0.668. The number of carbonyl (C=O) groups is 1. The minimum Gasteiger partial charge on any atom is -0.497 e. The fourth-order valence-corrected chi connectivity index (χ4v) is 1.85. The fourth-order valence-electron chi connectivity index (χ4n) is 1.85. The molecule has 0 aliphatic heterocycles. The van der Waals surface area contributed by atoms with E-state index in [1.165, 1.54) is 19.3 Å². The van der Waals surface area contributed by atoms with Crippen LogP contribution in [-0.4, -0.2) is 25.6 Å². The van der Waals surface area contributed by atoms with Gasteiger partial charge in [0.15, 0.2) is 5.78 Å². The molecule has 0 spiro atoms. The predicted molar refractivity (Wildman–Crippen MR) is 76.9 cm³/mol. The molecule has 0 saturated heterocycles.